The normalized spacial score (nSPS) is 18.5. The number of esters is 1. The zero-order chi connectivity index (χ0) is 18.1. The molecule has 2 aromatic rings. The summed E-state index contributed by atoms with van der Waals surface area (Å²) in [6.45, 7) is 2.57. The lowest BCUT2D eigenvalue weighted by atomic mass is 10.1. The van der Waals surface area contributed by atoms with Gasteiger partial charge in [-0.3, -0.25) is 4.79 Å². The summed E-state index contributed by atoms with van der Waals surface area (Å²) in [5, 5.41) is 3.95. The van der Waals surface area contributed by atoms with Crippen molar-refractivity contribution >= 4 is 28.9 Å². The summed E-state index contributed by atoms with van der Waals surface area (Å²) >= 11 is 0. The molecule has 1 fully saturated rings. The van der Waals surface area contributed by atoms with E-state index in [-0.39, 0.29) is 23.8 Å². The SMILES string of the molecule is CCOC(=O)C1=C(NCC2CC2)O/C(=C\c2c[nH]c3ncccc23)C1=O. The molecule has 0 bridgehead atoms. The summed E-state index contributed by atoms with van der Waals surface area (Å²) in [6.07, 6.45) is 7.35. The number of allylic oxidation sites excluding steroid dienone is 1. The largest absolute Gasteiger partial charge is 0.462 e. The number of aromatic nitrogens is 2. The summed E-state index contributed by atoms with van der Waals surface area (Å²) in [7, 11) is 0. The Morgan fingerprint density at radius 3 is 3.12 bits per heavy atom. The minimum Gasteiger partial charge on any atom is -0.462 e. The topological polar surface area (TPSA) is 93.3 Å². The quantitative estimate of drug-likeness (QED) is 0.470. The summed E-state index contributed by atoms with van der Waals surface area (Å²) in [5.74, 6) is -0.294. The van der Waals surface area contributed by atoms with Crippen LogP contribution in [-0.2, 0) is 19.1 Å². The average Bonchev–Trinajstić information content (AvgIpc) is 3.31. The Hall–Kier alpha value is -3.09. The number of nitrogens with zero attached hydrogens (tertiary/aromatic N) is 1. The molecule has 0 aromatic carbocycles. The van der Waals surface area contributed by atoms with E-state index in [2.05, 4.69) is 15.3 Å². The van der Waals surface area contributed by atoms with Gasteiger partial charge < -0.3 is 19.8 Å². The Balaban J connectivity index is 1.64. The van der Waals surface area contributed by atoms with Gasteiger partial charge >= 0.3 is 5.97 Å². The second kappa shape index (κ2) is 6.67. The fourth-order valence-corrected chi connectivity index (χ4v) is 2.84. The number of rotatable bonds is 6. The molecule has 0 atom stereocenters. The summed E-state index contributed by atoms with van der Waals surface area (Å²) < 4.78 is 10.7. The van der Waals surface area contributed by atoms with Gasteiger partial charge in [-0.15, -0.1) is 0 Å². The molecule has 0 amide bonds. The van der Waals surface area contributed by atoms with Crippen LogP contribution in [-0.4, -0.2) is 34.9 Å². The summed E-state index contributed by atoms with van der Waals surface area (Å²) in [6, 6.07) is 3.72. The van der Waals surface area contributed by atoms with Crippen LogP contribution in [0.5, 0.6) is 0 Å². The predicted octanol–water partition coefficient (Wildman–Crippen LogP) is 2.28. The molecule has 4 rings (SSSR count). The van der Waals surface area contributed by atoms with Crippen molar-refractivity contribution in [2.24, 2.45) is 5.92 Å². The van der Waals surface area contributed by atoms with Crippen molar-refractivity contribution in [1.29, 1.82) is 0 Å². The molecule has 2 aliphatic rings. The third-order valence-corrected chi connectivity index (χ3v) is 4.39. The van der Waals surface area contributed by atoms with Crippen LogP contribution in [0.3, 0.4) is 0 Å². The third-order valence-electron chi connectivity index (χ3n) is 4.39. The van der Waals surface area contributed by atoms with Crippen LogP contribution in [0, 0.1) is 5.92 Å². The molecule has 0 radical (unpaired) electrons. The number of carbonyl (C=O) groups is 2. The molecule has 2 aromatic heterocycles. The first-order chi connectivity index (χ1) is 12.7. The van der Waals surface area contributed by atoms with Gasteiger partial charge in [0.2, 0.25) is 11.7 Å². The summed E-state index contributed by atoms with van der Waals surface area (Å²) in [5.41, 5.74) is 1.41. The van der Waals surface area contributed by atoms with Gasteiger partial charge in [-0.1, -0.05) is 0 Å². The van der Waals surface area contributed by atoms with Gasteiger partial charge in [0.1, 0.15) is 5.65 Å². The fourth-order valence-electron chi connectivity index (χ4n) is 2.84. The highest BCUT2D eigenvalue weighted by Crippen LogP contribution is 2.31. The number of aromatic amines is 1. The number of hydrogen-bond donors (Lipinski definition) is 2. The molecule has 7 nitrogen and oxygen atoms in total. The molecule has 1 aliphatic heterocycles. The Morgan fingerprint density at radius 2 is 2.35 bits per heavy atom. The van der Waals surface area contributed by atoms with Gasteiger partial charge in [-0.25, -0.2) is 9.78 Å². The van der Waals surface area contributed by atoms with Crippen LogP contribution in [0.4, 0.5) is 0 Å². The maximum atomic E-state index is 12.7. The summed E-state index contributed by atoms with van der Waals surface area (Å²) in [4.78, 5) is 32.2. The molecule has 0 spiro atoms. The Bertz CT molecular complexity index is 937. The highest BCUT2D eigenvalue weighted by atomic mass is 16.5. The Morgan fingerprint density at radius 1 is 1.50 bits per heavy atom. The predicted molar refractivity (Wildman–Crippen MR) is 94.5 cm³/mol. The Labute approximate surface area is 150 Å². The van der Waals surface area contributed by atoms with Crippen LogP contribution < -0.4 is 5.32 Å². The highest BCUT2D eigenvalue weighted by molar-refractivity contribution is 6.26. The molecule has 26 heavy (non-hydrogen) atoms. The van der Waals surface area contributed by atoms with E-state index < -0.39 is 11.8 Å². The number of ketones is 1. The van der Waals surface area contributed by atoms with E-state index in [9.17, 15) is 9.59 Å². The first-order valence-corrected chi connectivity index (χ1v) is 8.69. The molecule has 0 unspecified atom stereocenters. The van der Waals surface area contributed by atoms with Crippen LogP contribution >= 0.6 is 0 Å². The standard InChI is InChI=1S/C19H19N3O4/c1-2-25-19(24)15-16(23)14(26-18(15)22-9-11-5-6-11)8-12-10-21-17-13(12)4-3-7-20-17/h3-4,7-8,10-11,22H,2,5-6,9H2,1H3,(H,20,21)/b14-8-. The first kappa shape index (κ1) is 16.4. The van der Waals surface area contributed by atoms with E-state index >= 15 is 0 Å². The highest BCUT2D eigenvalue weighted by Gasteiger charge is 2.37. The van der Waals surface area contributed by atoms with Gasteiger partial charge in [-0.2, -0.15) is 0 Å². The number of nitrogens with one attached hydrogen (secondary N) is 2. The van der Waals surface area contributed by atoms with Crippen LogP contribution in [0.15, 0.2) is 41.7 Å². The lowest BCUT2D eigenvalue weighted by Gasteiger charge is -2.07. The lowest BCUT2D eigenvalue weighted by Crippen LogP contribution is -2.21. The number of pyridine rings is 1. The zero-order valence-corrected chi connectivity index (χ0v) is 14.4. The van der Waals surface area contributed by atoms with E-state index in [4.69, 9.17) is 9.47 Å². The monoisotopic (exact) mass is 353 g/mol. The van der Waals surface area contributed by atoms with Gasteiger partial charge in [-0.05, 0) is 43.9 Å². The minimum atomic E-state index is -0.667. The number of ether oxygens (including phenoxy) is 2. The number of hydrogen-bond acceptors (Lipinski definition) is 6. The van der Waals surface area contributed by atoms with E-state index in [0.717, 1.165) is 29.4 Å². The van der Waals surface area contributed by atoms with E-state index in [1.807, 2.05) is 12.1 Å². The van der Waals surface area contributed by atoms with Crippen molar-refractivity contribution in [3.05, 3.63) is 47.3 Å². The van der Waals surface area contributed by atoms with Crippen LogP contribution in [0.2, 0.25) is 0 Å². The second-order valence-corrected chi connectivity index (χ2v) is 6.33. The molecule has 1 saturated carbocycles. The van der Waals surface area contributed by atoms with E-state index in [1.165, 1.54) is 0 Å². The molecule has 0 saturated heterocycles. The number of carbonyl (C=O) groups excluding carboxylic acids is 2. The molecule has 1 aliphatic carbocycles. The van der Waals surface area contributed by atoms with Crippen molar-refractivity contribution < 1.29 is 19.1 Å². The second-order valence-electron chi connectivity index (χ2n) is 6.33. The van der Waals surface area contributed by atoms with Crippen molar-refractivity contribution in [3.8, 4) is 0 Å². The molecule has 7 heteroatoms. The number of Topliss-reactive ketones (excluding diaryl/α,β-unsaturated/α-hetero) is 1. The zero-order valence-electron chi connectivity index (χ0n) is 14.4. The smallest absolute Gasteiger partial charge is 0.347 e. The molecular formula is C19H19N3O4. The van der Waals surface area contributed by atoms with E-state index in [1.54, 1.807) is 25.4 Å². The maximum absolute atomic E-state index is 12.7. The first-order valence-electron chi connectivity index (χ1n) is 8.69. The maximum Gasteiger partial charge on any atom is 0.347 e. The fraction of sp³-hybridized carbons (Fsp3) is 0.316. The average molecular weight is 353 g/mol. The van der Waals surface area contributed by atoms with Gasteiger partial charge in [0.05, 0.1) is 6.61 Å². The van der Waals surface area contributed by atoms with Crippen LogP contribution in [0.25, 0.3) is 17.1 Å². The lowest BCUT2D eigenvalue weighted by molar-refractivity contribution is -0.139. The third kappa shape index (κ3) is 3.08. The van der Waals surface area contributed by atoms with Gasteiger partial charge in [0, 0.05) is 29.9 Å². The minimum absolute atomic E-state index is 0.0725. The van der Waals surface area contributed by atoms with Gasteiger partial charge in [0.25, 0.3) is 0 Å². The Kier molecular flexibility index (Phi) is 4.20. The molecule has 2 N–H and O–H groups in total. The number of H-pyrrole nitrogens is 1. The van der Waals surface area contributed by atoms with Crippen molar-refractivity contribution in [3.63, 3.8) is 0 Å². The molecular weight excluding hydrogens is 334 g/mol. The molecule has 134 valence electrons. The van der Waals surface area contributed by atoms with Crippen molar-refractivity contribution in [2.45, 2.75) is 19.8 Å². The van der Waals surface area contributed by atoms with Crippen molar-refractivity contribution in [1.82, 2.24) is 15.3 Å². The van der Waals surface area contributed by atoms with Gasteiger partial charge in [0.15, 0.2) is 11.3 Å². The van der Waals surface area contributed by atoms with Crippen molar-refractivity contribution in [2.75, 3.05) is 13.2 Å². The van der Waals surface area contributed by atoms with Crippen LogP contribution in [0.1, 0.15) is 25.3 Å². The molecule has 3 heterocycles. The van der Waals surface area contributed by atoms with E-state index in [0.29, 0.717) is 12.5 Å². The number of fused-ring (bicyclic) bond motifs is 1.